The van der Waals surface area contributed by atoms with E-state index in [4.69, 9.17) is 4.74 Å². The van der Waals surface area contributed by atoms with Crippen LogP contribution in [-0.4, -0.2) is 35.1 Å². The molecule has 0 aromatic rings. The zero-order chi connectivity index (χ0) is 18.7. The van der Waals surface area contributed by atoms with Crippen LogP contribution in [0.5, 0.6) is 0 Å². The zero-order valence-electron chi connectivity index (χ0n) is 16.5. The van der Waals surface area contributed by atoms with Crippen molar-refractivity contribution in [3.63, 3.8) is 0 Å². The molecule has 4 nitrogen and oxygen atoms in total. The number of aliphatic hydroxyl groups is 2. The molecule has 0 amide bonds. The minimum atomic E-state index is -0.370. The van der Waals surface area contributed by atoms with Crippen molar-refractivity contribution in [1.82, 2.24) is 0 Å². The lowest BCUT2D eigenvalue weighted by Gasteiger charge is -2.62. The Kier molecular flexibility index (Phi) is 4.66. The third-order valence-electron chi connectivity index (χ3n) is 9.13. The van der Waals surface area contributed by atoms with E-state index in [9.17, 15) is 15.5 Å². The zero-order valence-corrected chi connectivity index (χ0v) is 16.5. The lowest BCUT2D eigenvalue weighted by molar-refractivity contribution is -0.201. The Balaban J connectivity index is 1.65. The van der Waals surface area contributed by atoms with Crippen molar-refractivity contribution in [2.45, 2.75) is 84.0 Å². The Labute approximate surface area is 157 Å². The van der Waals surface area contributed by atoms with Crippen LogP contribution in [0.15, 0.2) is 0 Å². The minimum Gasteiger partial charge on any atom is -0.393 e. The number of aliphatic hydroxyl groups excluding tert-OH is 2. The average Bonchev–Trinajstić information content (AvgIpc) is 2.91. The standard InChI is InChI=1S/C22H35NO3/c1-4-26-19-11-22(3)13(9-17(19)24)5-7-15-16-8-6-14(12-23)21(16,2)10-18(25)20(15)22/h13-20,24-25H,4-11H2,1-3H3. The third-order valence-corrected chi connectivity index (χ3v) is 9.13. The summed E-state index contributed by atoms with van der Waals surface area (Å²) in [6.07, 6.45) is 6.05. The smallest absolute Gasteiger partial charge is 0.0839 e. The number of hydrogen-bond donors (Lipinski definition) is 2. The molecule has 2 N–H and O–H groups in total. The molecule has 4 saturated carbocycles. The Morgan fingerprint density at radius 2 is 1.81 bits per heavy atom. The molecule has 146 valence electrons. The molecule has 0 aromatic heterocycles. The summed E-state index contributed by atoms with van der Waals surface area (Å²) in [6.45, 7) is 7.24. The van der Waals surface area contributed by atoms with Crippen molar-refractivity contribution in [2.75, 3.05) is 6.61 Å². The van der Waals surface area contributed by atoms with E-state index >= 15 is 0 Å². The fourth-order valence-electron chi connectivity index (χ4n) is 7.98. The molecule has 0 radical (unpaired) electrons. The second-order valence-electron chi connectivity index (χ2n) is 10.1. The summed E-state index contributed by atoms with van der Waals surface area (Å²) in [4.78, 5) is 0. The molecule has 0 aromatic carbocycles. The molecule has 0 heterocycles. The van der Waals surface area contributed by atoms with Crippen LogP contribution in [0, 0.1) is 51.8 Å². The van der Waals surface area contributed by atoms with Crippen molar-refractivity contribution >= 4 is 0 Å². The van der Waals surface area contributed by atoms with Gasteiger partial charge in [-0.15, -0.1) is 0 Å². The summed E-state index contributed by atoms with van der Waals surface area (Å²) in [7, 11) is 0. The van der Waals surface area contributed by atoms with E-state index in [0.717, 1.165) is 44.9 Å². The molecule has 4 rings (SSSR count). The molecule has 10 atom stereocenters. The van der Waals surface area contributed by atoms with Gasteiger partial charge in [-0.3, -0.25) is 0 Å². The highest BCUT2D eigenvalue weighted by Crippen LogP contribution is 2.67. The number of hydrogen-bond acceptors (Lipinski definition) is 4. The van der Waals surface area contributed by atoms with Gasteiger partial charge in [-0.25, -0.2) is 0 Å². The highest BCUT2D eigenvalue weighted by molar-refractivity contribution is 5.15. The highest BCUT2D eigenvalue weighted by Gasteiger charge is 2.64. The first-order valence-corrected chi connectivity index (χ1v) is 10.7. The molecule has 10 unspecified atom stereocenters. The molecule has 0 bridgehead atoms. The Hall–Kier alpha value is -0.630. The molecular formula is C22H35NO3. The van der Waals surface area contributed by atoms with Gasteiger partial charge in [-0.1, -0.05) is 13.8 Å². The van der Waals surface area contributed by atoms with Gasteiger partial charge < -0.3 is 14.9 Å². The van der Waals surface area contributed by atoms with Gasteiger partial charge in [0.15, 0.2) is 0 Å². The van der Waals surface area contributed by atoms with Crippen molar-refractivity contribution in [3.8, 4) is 6.07 Å². The number of ether oxygens (including phenoxy) is 1. The molecule has 4 heteroatoms. The Bertz CT molecular complexity index is 588. The van der Waals surface area contributed by atoms with Gasteiger partial charge in [0.2, 0.25) is 0 Å². The number of nitrogens with zero attached hydrogens (tertiary/aromatic N) is 1. The van der Waals surface area contributed by atoms with Crippen molar-refractivity contribution < 1.29 is 14.9 Å². The van der Waals surface area contributed by atoms with Crippen molar-refractivity contribution in [3.05, 3.63) is 0 Å². The van der Waals surface area contributed by atoms with Crippen LogP contribution >= 0.6 is 0 Å². The second kappa shape index (κ2) is 6.47. The van der Waals surface area contributed by atoms with Gasteiger partial charge in [0.25, 0.3) is 0 Å². The fourth-order valence-corrected chi connectivity index (χ4v) is 7.98. The molecule has 0 spiro atoms. The second-order valence-corrected chi connectivity index (χ2v) is 10.1. The van der Waals surface area contributed by atoms with Gasteiger partial charge in [-0.05, 0) is 86.4 Å². The van der Waals surface area contributed by atoms with E-state index in [2.05, 4.69) is 19.9 Å². The number of rotatable bonds is 2. The van der Waals surface area contributed by atoms with E-state index in [1.54, 1.807) is 0 Å². The summed E-state index contributed by atoms with van der Waals surface area (Å²) >= 11 is 0. The Morgan fingerprint density at radius 1 is 1.04 bits per heavy atom. The van der Waals surface area contributed by atoms with Crippen LogP contribution in [0.25, 0.3) is 0 Å². The summed E-state index contributed by atoms with van der Waals surface area (Å²) in [5.41, 5.74) is 0.0134. The van der Waals surface area contributed by atoms with Gasteiger partial charge in [-0.2, -0.15) is 5.26 Å². The van der Waals surface area contributed by atoms with Crippen LogP contribution in [0.1, 0.15) is 65.7 Å². The third kappa shape index (κ3) is 2.50. The fraction of sp³-hybridized carbons (Fsp3) is 0.955. The maximum absolute atomic E-state index is 11.3. The van der Waals surface area contributed by atoms with E-state index in [1.807, 2.05) is 6.92 Å². The van der Waals surface area contributed by atoms with Crippen LogP contribution in [0.3, 0.4) is 0 Å². The molecule has 4 fully saturated rings. The molecule has 4 aliphatic carbocycles. The van der Waals surface area contributed by atoms with E-state index in [-0.39, 0.29) is 41.0 Å². The minimum absolute atomic E-state index is 0.0218. The van der Waals surface area contributed by atoms with Gasteiger partial charge in [0, 0.05) is 6.61 Å². The molecule has 0 saturated heterocycles. The average molecular weight is 362 g/mol. The molecule has 0 aliphatic heterocycles. The lowest BCUT2D eigenvalue weighted by atomic mass is 9.43. The van der Waals surface area contributed by atoms with Gasteiger partial charge in [0.1, 0.15) is 0 Å². The molecule has 4 aliphatic rings. The summed E-state index contributed by atoms with van der Waals surface area (Å²) in [5, 5.41) is 31.5. The quantitative estimate of drug-likeness (QED) is 0.789. The van der Waals surface area contributed by atoms with Crippen LogP contribution in [-0.2, 0) is 4.74 Å². The van der Waals surface area contributed by atoms with Crippen LogP contribution < -0.4 is 0 Å². The first-order valence-electron chi connectivity index (χ1n) is 10.7. The van der Waals surface area contributed by atoms with Gasteiger partial charge >= 0.3 is 0 Å². The number of fused-ring (bicyclic) bond motifs is 5. The predicted octanol–water partition coefficient (Wildman–Crippen LogP) is 3.52. The summed E-state index contributed by atoms with van der Waals surface area (Å²) < 4.78 is 5.89. The number of nitriles is 1. The maximum atomic E-state index is 11.3. The normalized spacial score (nSPS) is 56.2. The van der Waals surface area contributed by atoms with E-state index in [1.165, 1.54) is 0 Å². The van der Waals surface area contributed by atoms with Crippen molar-refractivity contribution in [1.29, 1.82) is 5.26 Å². The first-order chi connectivity index (χ1) is 12.3. The van der Waals surface area contributed by atoms with Crippen LogP contribution in [0.4, 0.5) is 0 Å². The summed E-state index contributed by atoms with van der Waals surface area (Å²) in [5.74, 6) is 1.93. The largest absolute Gasteiger partial charge is 0.393 e. The summed E-state index contributed by atoms with van der Waals surface area (Å²) in [6, 6.07) is 2.55. The van der Waals surface area contributed by atoms with E-state index in [0.29, 0.717) is 24.4 Å². The molecular weight excluding hydrogens is 326 g/mol. The van der Waals surface area contributed by atoms with Gasteiger partial charge in [0.05, 0.1) is 30.3 Å². The van der Waals surface area contributed by atoms with Crippen LogP contribution in [0.2, 0.25) is 0 Å². The van der Waals surface area contributed by atoms with Crippen molar-refractivity contribution in [2.24, 2.45) is 40.4 Å². The predicted molar refractivity (Wildman–Crippen MR) is 99.0 cm³/mol. The lowest BCUT2D eigenvalue weighted by Crippen LogP contribution is -2.61. The Morgan fingerprint density at radius 3 is 2.50 bits per heavy atom. The topological polar surface area (TPSA) is 73.5 Å². The molecule has 26 heavy (non-hydrogen) atoms. The maximum Gasteiger partial charge on any atom is 0.0839 e. The SMILES string of the molecule is CCOC1CC2(C)C(CCC3C4CCC(C#N)C4(C)CC(O)C32)CC1O. The highest BCUT2D eigenvalue weighted by atomic mass is 16.5. The first kappa shape index (κ1) is 18.7. The monoisotopic (exact) mass is 361 g/mol. The van der Waals surface area contributed by atoms with E-state index < -0.39 is 0 Å².